The highest BCUT2D eigenvalue weighted by Crippen LogP contribution is 2.22. The molecule has 0 saturated carbocycles. The van der Waals surface area contributed by atoms with Gasteiger partial charge in [0.1, 0.15) is 0 Å². The molecule has 0 spiro atoms. The van der Waals surface area contributed by atoms with E-state index in [1.54, 1.807) is 0 Å². The average Bonchev–Trinajstić information content (AvgIpc) is 3.23. The van der Waals surface area contributed by atoms with Crippen LogP contribution in [0.2, 0.25) is 0 Å². The minimum Gasteiger partial charge on any atom is -0.379 e. The van der Waals surface area contributed by atoms with Crippen molar-refractivity contribution in [3.63, 3.8) is 0 Å². The summed E-state index contributed by atoms with van der Waals surface area (Å²) in [6.45, 7) is 7.78. The molecule has 0 unspecified atom stereocenters. The number of hydrogen-bond acceptors (Lipinski definition) is 5. The van der Waals surface area contributed by atoms with Gasteiger partial charge in [0, 0.05) is 32.7 Å². The Labute approximate surface area is 171 Å². The van der Waals surface area contributed by atoms with Gasteiger partial charge < -0.3 is 15.0 Å². The highest BCUT2D eigenvalue weighted by molar-refractivity contribution is 5.74. The van der Waals surface area contributed by atoms with E-state index in [9.17, 15) is 4.79 Å². The molecule has 1 atom stereocenters. The number of rotatable bonds is 5. The molecule has 2 fully saturated rings. The van der Waals surface area contributed by atoms with Crippen molar-refractivity contribution in [1.82, 2.24) is 30.1 Å². The van der Waals surface area contributed by atoms with Gasteiger partial charge in [-0.1, -0.05) is 35.5 Å². The van der Waals surface area contributed by atoms with E-state index in [0.29, 0.717) is 6.04 Å². The van der Waals surface area contributed by atoms with Crippen molar-refractivity contribution in [3.8, 4) is 0 Å². The second-order valence-corrected chi connectivity index (χ2v) is 7.88. The molecule has 0 aliphatic carbocycles. The highest BCUT2D eigenvalue weighted by Gasteiger charge is 2.25. The fraction of sp³-hybridized carbons (Fsp3) is 0.571. The average molecular weight is 399 g/mol. The zero-order valence-electron chi connectivity index (χ0n) is 17.0. The van der Waals surface area contributed by atoms with Crippen LogP contribution in [0.4, 0.5) is 4.79 Å². The van der Waals surface area contributed by atoms with E-state index in [2.05, 4.69) is 26.7 Å². The smallest absolute Gasteiger partial charge is 0.317 e. The van der Waals surface area contributed by atoms with Gasteiger partial charge in [0.05, 0.1) is 37.2 Å². The molecular weight excluding hydrogens is 368 g/mol. The molecule has 2 aromatic rings. The first kappa shape index (κ1) is 19.8. The first-order valence-corrected chi connectivity index (χ1v) is 10.5. The van der Waals surface area contributed by atoms with Crippen LogP contribution in [0.1, 0.15) is 43.1 Å². The van der Waals surface area contributed by atoms with Crippen molar-refractivity contribution >= 4 is 6.03 Å². The van der Waals surface area contributed by atoms with E-state index in [1.807, 2.05) is 46.8 Å². The number of carbonyl (C=O) groups is 1. The summed E-state index contributed by atoms with van der Waals surface area (Å²) in [4.78, 5) is 16.9. The standard InChI is InChI=1S/C21H30N6O2/c1-17(18-5-3-2-4-6-18)22-21(28)26-9-7-20(8-10-26)27-16-19(23-24-27)15-25-11-13-29-14-12-25/h2-6,16-17,20H,7-15H2,1H3,(H,22,28)/t17-/m0/s1. The summed E-state index contributed by atoms with van der Waals surface area (Å²) < 4.78 is 7.38. The van der Waals surface area contributed by atoms with Crippen molar-refractivity contribution in [2.45, 2.75) is 38.4 Å². The molecule has 1 aromatic carbocycles. The van der Waals surface area contributed by atoms with Crippen molar-refractivity contribution < 1.29 is 9.53 Å². The Morgan fingerprint density at radius 1 is 1.17 bits per heavy atom. The predicted molar refractivity (Wildman–Crippen MR) is 109 cm³/mol. The number of aromatic nitrogens is 3. The molecule has 3 heterocycles. The molecule has 4 rings (SSSR count). The number of carbonyl (C=O) groups excluding carboxylic acids is 1. The lowest BCUT2D eigenvalue weighted by molar-refractivity contribution is 0.0336. The van der Waals surface area contributed by atoms with Gasteiger partial charge in [0.25, 0.3) is 0 Å². The maximum absolute atomic E-state index is 12.6. The van der Waals surface area contributed by atoms with Gasteiger partial charge in [-0.25, -0.2) is 9.48 Å². The number of nitrogens with one attached hydrogen (secondary N) is 1. The van der Waals surface area contributed by atoms with Gasteiger partial charge in [0.15, 0.2) is 0 Å². The summed E-state index contributed by atoms with van der Waals surface area (Å²) in [5.74, 6) is 0. The third kappa shape index (κ3) is 5.13. The second-order valence-electron chi connectivity index (χ2n) is 7.88. The summed E-state index contributed by atoms with van der Waals surface area (Å²) in [5, 5.41) is 11.8. The van der Waals surface area contributed by atoms with Crippen LogP contribution >= 0.6 is 0 Å². The zero-order valence-corrected chi connectivity index (χ0v) is 17.0. The van der Waals surface area contributed by atoms with Crippen LogP contribution in [0.15, 0.2) is 36.5 Å². The Morgan fingerprint density at radius 2 is 1.90 bits per heavy atom. The lowest BCUT2D eigenvalue weighted by Gasteiger charge is -2.32. The summed E-state index contributed by atoms with van der Waals surface area (Å²) in [6, 6.07) is 10.4. The molecular formula is C21H30N6O2. The molecule has 2 aliphatic rings. The van der Waals surface area contributed by atoms with Crippen LogP contribution in [0.5, 0.6) is 0 Å². The van der Waals surface area contributed by atoms with Crippen molar-refractivity contribution in [1.29, 1.82) is 0 Å². The number of hydrogen-bond donors (Lipinski definition) is 1. The van der Waals surface area contributed by atoms with Crippen LogP contribution < -0.4 is 5.32 Å². The van der Waals surface area contributed by atoms with Gasteiger partial charge >= 0.3 is 6.03 Å². The number of urea groups is 1. The van der Waals surface area contributed by atoms with E-state index >= 15 is 0 Å². The molecule has 0 bridgehead atoms. The Kier molecular flexibility index (Phi) is 6.41. The molecule has 1 N–H and O–H groups in total. The zero-order chi connectivity index (χ0) is 20.1. The molecule has 29 heavy (non-hydrogen) atoms. The molecule has 2 aliphatic heterocycles. The number of morpholine rings is 1. The quantitative estimate of drug-likeness (QED) is 0.836. The largest absolute Gasteiger partial charge is 0.379 e. The van der Waals surface area contributed by atoms with Gasteiger partial charge in [0.2, 0.25) is 0 Å². The molecule has 156 valence electrons. The van der Waals surface area contributed by atoms with Crippen molar-refractivity contribution in [2.75, 3.05) is 39.4 Å². The summed E-state index contributed by atoms with van der Waals surface area (Å²) >= 11 is 0. The number of likely N-dealkylation sites (tertiary alicyclic amines) is 1. The van der Waals surface area contributed by atoms with Gasteiger partial charge in [-0.3, -0.25) is 4.90 Å². The fourth-order valence-corrected chi connectivity index (χ4v) is 3.99. The Morgan fingerprint density at radius 3 is 2.62 bits per heavy atom. The van der Waals surface area contributed by atoms with Crippen LogP contribution in [0, 0.1) is 0 Å². The molecule has 8 heteroatoms. The number of ether oxygens (including phenoxy) is 1. The summed E-state index contributed by atoms with van der Waals surface area (Å²) in [6.07, 6.45) is 3.86. The normalized spacial score (nSPS) is 19.8. The number of amides is 2. The molecule has 2 amide bonds. The maximum Gasteiger partial charge on any atom is 0.317 e. The first-order chi connectivity index (χ1) is 14.2. The first-order valence-electron chi connectivity index (χ1n) is 10.5. The number of nitrogens with zero attached hydrogens (tertiary/aromatic N) is 5. The van der Waals surface area contributed by atoms with Crippen LogP contribution in [0.25, 0.3) is 0 Å². The van der Waals surface area contributed by atoms with Crippen LogP contribution in [-0.2, 0) is 11.3 Å². The summed E-state index contributed by atoms with van der Waals surface area (Å²) in [5.41, 5.74) is 2.12. The Bertz CT molecular complexity index is 781. The van der Waals surface area contributed by atoms with Crippen molar-refractivity contribution in [3.05, 3.63) is 47.8 Å². The molecule has 0 radical (unpaired) electrons. The highest BCUT2D eigenvalue weighted by atomic mass is 16.5. The Hall–Kier alpha value is -2.45. The third-order valence-corrected chi connectivity index (χ3v) is 5.81. The van der Waals surface area contributed by atoms with Crippen LogP contribution in [-0.4, -0.2) is 70.2 Å². The third-order valence-electron chi connectivity index (χ3n) is 5.81. The lowest BCUT2D eigenvalue weighted by Crippen LogP contribution is -2.45. The second kappa shape index (κ2) is 9.37. The van der Waals surface area contributed by atoms with E-state index in [4.69, 9.17) is 4.74 Å². The molecule has 1 aromatic heterocycles. The number of benzene rings is 1. The molecule has 8 nitrogen and oxygen atoms in total. The van der Waals surface area contributed by atoms with Gasteiger partial charge in [-0.05, 0) is 25.3 Å². The number of piperidine rings is 1. The van der Waals surface area contributed by atoms with Gasteiger partial charge in [-0.15, -0.1) is 5.10 Å². The molecule has 2 saturated heterocycles. The van der Waals surface area contributed by atoms with Gasteiger partial charge in [-0.2, -0.15) is 0 Å². The van der Waals surface area contributed by atoms with E-state index in [0.717, 1.165) is 70.0 Å². The van der Waals surface area contributed by atoms with E-state index in [1.165, 1.54) is 0 Å². The van der Waals surface area contributed by atoms with Crippen LogP contribution in [0.3, 0.4) is 0 Å². The minimum absolute atomic E-state index is 0.000477. The Balaban J connectivity index is 1.25. The van der Waals surface area contributed by atoms with Crippen molar-refractivity contribution in [2.24, 2.45) is 0 Å². The predicted octanol–water partition coefficient (Wildman–Crippen LogP) is 2.22. The fourth-order valence-electron chi connectivity index (χ4n) is 3.99. The summed E-state index contributed by atoms with van der Waals surface area (Å²) in [7, 11) is 0. The minimum atomic E-state index is -0.000477. The SMILES string of the molecule is C[C@H](NC(=O)N1CCC(n2cc(CN3CCOCC3)nn2)CC1)c1ccccc1. The topological polar surface area (TPSA) is 75.5 Å². The van der Waals surface area contributed by atoms with E-state index in [-0.39, 0.29) is 12.1 Å². The maximum atomic E-state index is 12.6. The monoisotopic (exact) mass is 398 g/mol. The lowest BCUT2D eigenvalue weighted by atomic mass is 10.1. The van der Waals surface area contributed by atoms with E-state index < -0.39 is 0 Å².